The number of rotatable bonds is 6. The van der Waals surface area contributed by atoms with Crippen molar-refractivity contribution in [3.05, 3.63) is 65.0 Å². The van der Waals surface area contributed by atoms with Crippen LogP contribution in [0.1, 0.15) is 48.1 Å². The number of benzene rings is 2. The summed E-state index contributed by atoms with van der Waals surface area (Å²) in [5.41, 5.74) is 2.81. The van der Waals surface area contributed by atoms with E-state index in [1.165, 1.54) is 31.9 Å². The molecule has 0 aliphatic heterocycles. The maximum absolute atomic E-state index is 13.0. The Kier molecular flexibility index (Phi) is 6.52. The number of esters is 1. The predicted octanol–water partition coefficient (Wildman–Crippen LogP) is 3.95. The topological polar surface area (TPSA) is 103 Å². The lowest BCUT2D eigenvalue weighted by Crippen LogP contribution is -2.27. The first-order valence-corrected chi connectivity index (χ1v) is 11.5. The molecule has 0 saturated carbocycles. The van der Waals surface area contributed by atoms with E-state index in [0.29, 0.717) is 11.4 Å². The molecule has 1 aromatic heterocycles. The third kappa shape index (κ3) is 4.89. The van der Waals surface area contributed by atoms with Gasteiger partial charge >= 0.3 is 5.97 Å². The van der Waals surface area contributed by atoms with Gasteiger partial charge in [-0.3, -0.25) is 0 Å². The largest absolute Gasteiger partial charge is 0.465 e. The van der Waals surface area contributed by atoms with E-state index < -0.39 is 16.0 Å². The molecule has 9 heteroatoms. The number of hydrogen-bond donors (Lipinski definition) is 0. The molecule has 0 amide bonds. The van der Waals surface area contributed by atoms with Crippen LogP contribution in [0.3, 0.4) is 0 Å². The molecule has 1 heterocycles. The van der Waals surface area contributed by atoms with Gasteiger partial charge in [0, 0.05) is 12.6 Å². The summed E-state index contributed by atoms with van der Waals surface area (Å²) in [5.74, 6) is -0.0536. The lowest BCUT2D eigenvalue weighted by molar-refractivity contribution is 0.0599. The van der Waals surface area contributed by atoms with E-state index in [1.54, 1.807) is 13.0 Å². The maximum Gasteiger partial charge on any atom is 0.338 e. The second-order valence-corrected chi connectivity index (χ2v) is 10.6. The number of sulfonamides is 1. The van der Waals surface area contributed by atoms with Gasteiger partial charge in [0.1, 0.15) is 0 Å². The number of hydrogen-bond acceptors (Lipinski definition) is 7. The summed E-state index contributed by atoms with van der Waals surface area (Å²) in [6.45, 7) is 7.99. The van der Waals surface area contributed by atoms with Crippen molar-refractivity contribution < 1.29 is 22.5 Å². The molecule has 0 saturated heterocycles. The minimum atomic E-state index is -3.90. The van der Waals surface area contributed by atoms with Crippen molar-refractivity contribution in [2.75, 3.05) is 14.2 Å². The molecule has 170 valence electrons. The molecule has 0 N–H and O–H groups in total. The van der Waals surface area contributed by atoms with Crippen LogP contribution in [0.4, 0.5) is 0 Å². The highest BCUT2D eigenvalue weighted by Gasteiger charge is 2.25. The lowest BCUT2D eigenvalue weighted by atomic mass is 9.87. The average molecular weight is 458 g/mol. The summed E-state index contributed by atoms with van der Waals surface area (Å²) in [7, 11) is -1.24. The third-order valence-electron chi connectivity index (χ3n) is 5.16. The molecule has 32 heavy (non-hydrogen) atoms. The highest BCUT2D eigenvalue weighted by molar-refractivity contribution is 7.89. The van der Waals surface area contributed by atoms with Gasteiger partial charge in [0.2, 0.25) is 21.7 Å². The average Bonchev–Trinajstić information content (AvgIpc) is 3.21. The number of aromatic nitrogens is 2. The molecule has 0 spiro atoms. The Morgan fingerprint density at radius 2 is 1.78 bits per heavy atom. The number of methoxy groups -OCH3 is 1. The van der Waals surface area contributed by atoms with Crippen molar-refractivity contribution in [3.8, 4) is 11.4 Å². The van der Waals surface area contributed by atoms with Gasteiger partial charge in [-0.2, -0.15) is 9.29 Å². The van der Waals surface area contributed by atoms with Gasteiger partial charge in [0.25, 0.3) is 0 Å². The zero-order chi connectivity index (χ0) is 23.7. The number of aryl methyl sites for hydroxylation is 1. The summed E-state index contributed by atoms with van der Waals surface area (Å²) in [6, 6.07) is 12.2. The van der Waals surface area contributed by atoms with Gasteiger partial charge in [0.05, 0.1) is 24.1 Å². The van der Waals surface area contributed by atoms with Crippen LogP contribution >= 0.6 is 0 Å². The first-order chi connectivity index (χ1) is 14.9. The first-order valence-electron chi connectivity index (χ1n) is 10.0. The smallest absolute Gasteiger partial charge is 0.338 e. The van der Waals surface area contributed by atoms with Crippen LogP contribution in [0.15, 0.2) is 51.9 Å². The standard InChI is InChI=1S/C23H27N3O5S/c1-15-7-12-18(13-19(15)22(27)30-6)32(28,29)26(5)14-20-24-21(25-31-20)16-8-10-17(11-9-16)23(2,3)4/h7-13H,14H2,1-6H3. The number of nitrogens with zero attached hydrogens (tertiary/aromatic N) is 3. The molecule has 0 aliphatic carbocycles. The van der Waals surface area contributed by atoms with Crippen molar-refractivity contribution >= 4 is 16.0 Å². The SMILES string of the molecule is COC(=O)c1cc(S(=O)(=O)N(C)Cc2nc(-c3ccc(C(C)(C)C)cc3)no2)ccc1C. The Bertz CT molecular complexity index is 1230. The molecule has 3 rings (SSSR count). The van der Waals surface area contributed by atoms with E-state index in [9.17, 15) is 13.2 Å². The molecule has 0 fully saturated rings. The molecule has 3 aromatic rings. The first kappa shape index (κ1) is 23.6. The molecule has 0 atom stereocenters. The van der Waals surface area contributed by atoms with Crippen molar-refractivity contribution in [1.82, 2.24) is 14.4 Å². The number of carbonyl (C=O) groups is 1. The van der Waals surface area contributed by atoms with Crippen molar-refractivity contribution in [1.29, 1.82) is 0 Å². The summed E-state index contributed by atoms with van der Waals surface area (Å²) in [6.07, 6.45) is 0. The minimum absolute atomic E-state index is 0.0245. The van der Waals surface area contributed by atoms with Gasteiger partial charge < -0.3 is 9.26 Å². The van der Waals surface area contributed by atoms with Gasteiger partial charge in [-0.05, 0) is 35.6 Å². The Hall–Kier alpha value is -3.04. The fraction of sp³-hybridized carbons (Fsp3) is 0.348. The summed E-state index contributed by atoms with van der Waals surface area (Å²) >= 11 is 0. The van der Waals surface area contributed by atoms with Gasteiger partial charge in [-0.1, -0.05) is 56.3 Å². The Balaban J connectivity index is 1.80. The molecule has 0 unspecified atom stereocenters. The Morgan fingerprint density at radius 1 is 1.12 bits per heavy atom. The molecule has 0 aliphatic rings. The van der Waals surface area contributed by atoms with Crippen LogP contribution in [0.5, 0.6) is 0 Å². The minimum Gasteiger partial charge on any atom is -0.465 e. The van der Waals surface area contributed by atoms with Crippen LogP contribution in [0, 0.1) is 6.92 Å². The van der Waals surface area contributed by atoms with E-state index in [-0.39, 0.29) is 28.3 Å². The van der Waals surface area contributed by atoms with E-state index in [0.717, 1.165) is 9.87 Å². The molecule has 0 bridgehead atoms. The predicted molar refractivity (Wildman–Crippen MR) is 120 cm³/mol. The van der Waals surface area contributed by atoms with Gasteiger partial charge in [0.15, 0.2) is 0 Å². The molecule has 8 nitrogen and oxygen atoms in total. The van der Waals surface area contributed by atoms with Gasteiger partial charge in [-0.15, -0.1) is 0 Å². The monoisotopic (exact) mass is 457 g/mol. The van der Waals surface area contributed by atoms with Gasteiger partial charge in [-0.25, -0.2) is 13.2 Å². The summed E-state index contributed by atoms with van der Waals surface area (Å²) in [4.78, 5) is 16.2. The Morgan fingerprint density at radius 3 is 2.38 bits per heavy atom. The van der Waals surface area contributed by atoms with Crippen molar-refractivity contribution in [2.24, 2.45) is 0 Å². The fourth-order valence-corrected chi connectivity index (χ4v) is 4.25. The zero-order valence-electron chi connectivity index (χ0n) is 19.0. The molecule has 2 aromatic carbocycles. The second-order valence-electron chi connectivity index (χ2n) is 8.57. The van der Waals surface area contributed by atoms with Crippen molar-refractivity contribution in [2.45, 2.75) is 44.6 Å². The third-order valence-corrected chi connectivity index (χ3v) is 6.96. The van der Waals surface area contributed by atoms with Crippen LogP contribution in [-0.2, 0) is 26.7 Å². The zero-order valence-corrected chi connectivity index (χ0v) is 19.9. The quantitative estimate of drug-likeness (QED) is 0.516. The Labute approximate surface area is 188 Å². The van der Waals surface area contributed by atoms with Crippen LogP contribution in [0.2, 0.25) is 0 Å². The van der Waals surface area contributed by atoms with Crippen LogP contribution in [-0.4, -0.2) is 43.0 Å². The van der Waals surface area contributed by atoms with E-state index in [4.69, 9.17) is 9.26 Å². The van der Waals surface area contributed by atoms with E-state index in [1.807, 2.05) is 24.3 Å². The summed E-state index contributed by atoms with van der Waals surface area (Å²) in [5, 5.41) is 3.98. The van der Waals surface area contributed by atoms with Crippen molar-refractivity contribution in [3.63, 3.8) is 0 Å². The maximum atomic E-state index is 13.0. The number of carbonyl (C=O) groups excluding carboxylic acids is 1. The fourth-order valence-electron chi connectivity index (χ4n) is 3.10. The van der Waals surface area contributed by atoms with Crippen LogP contribution in [0.25, 0.3) is 11.4 Å². The van der Waals surface area contributed by atoms with E-state index in [2.05, 4.69) is 30.9 Å². The number of ether oxygens (including phenoxy) is 1. The molecular weight excluding hydrogens is 430 g/mol. The normalized spacial score (nSPS) is 12.2. The molecular formula is C23H27N3O5S. The van der Waals surface area contributed by atoms with Crippen LogP contribution < -0.4 is 0 Å². The summed E-state index contributed by atoms with van der Waals surface area (Å²) < 4.78 is 37.1. The van der Waals surface area contributed by atoms with E-state index >= 15 is 0 Å². The highest BCUT2D eigenvalue weighted by Crippen LogP contribution is 2.25. The second kappa shape index (κ2) is 8.84. The lowest BCUT2D eigenvalue weighted by Gasteiger charge is -2.18. The molecule has 0 radical (unpaired) electrons. The highest BCUT2D eigenvalue weighted by atomic mass is 32.2.